The van der Waals surface area contributed by atoms with Crippen LogP contribution in [-0.2, 0) is 25.6 Å². The molecule has 8 heteroatoms. The molecule has 1 aromatic heterocycles. The van der Waals surface area contributed by atoms with Crippen molar-refractivity contribution in [2.45, 2.75) is 97.8 Å². The third kappa shape index (κ3) is 6.17. The smallest absolute Gasteiger partial charge is 0.303 e. The lowest BCUT2D eigenvalue weighted by Gasteiger charge is -2.57. The van der Waals surface area contributed by atoms with Gasteiger partial charge in [0.25, 0.3) is 0 Å². The number of aromatic nitrogens is 2. The first-order valence-electron chi connectivity index (χ1n) is 16.6. The summed E-state index contributed by atoms with van der Waals surface area (Å²) in [5, 5.41) is 0. The normalized spacial score (nSPS) is 33.0. The number of hydrogen-bond acceptors (Lipinski definition) is 7. The minimum atomic E-state index is -0.246. The van der Waals surface area contributed by atoms with Crippen LogP contribution >= 0.6 is 0 Å². The zero-order chi connectivity index (χ0) is 31.8. The molecule has 4 aliphatic carbocycles. The van der Waals surface area contributed by atoms with Gasteiger partial charge in [-0.05, 0) is 91.4 Å². The van der Waals surface area contributed by atoms with E-state index in [9.17, 15) is 9.59 Å². The Balaban J connectivity index is 1.22. The van der Waals surface area contributed by atoms with Crippen LogP contribution < -0.4 is 9.47 Å². The largest absolute Gasteiger partial charge is 0.493 e. The molecule has 242 valence electrons. The lowest BCUT2D eigenvalue weighted by molar-refractivity contribution is -0.154. The van der Waals surface area contributed by atoms with Crippen molar-refractivity contribution in [2.24, 2.45) is 28.6 Å². The number of rotatable bonds is 9. The van der Waals surface area contributed by atoms with Gasteiger partial charge in [-0.25, -0.2) is 4.98 Å². The molecule has 1 heterocycles. The summed E-state index contributed by atoms with van der Waals surface area (Å²) >= 11 is 0. The lowest BCUT2D eigenvalue weighted by atomic mass is 9.48. The van der Waals surface area contributed by atoms with E-state index in [-0.39, 0.29) is 35.0 Å². The molecular weight excluding hydrogens is 568 g/mol. The molecule has 0 bridgehead atoms. The van der Waals surface area contributed by atoms with E-state index in [1.165, 1.54) is 25.0 Å². The second kappa shape index (κ2) is 12.7. The second-order valence-corrected chi connectivity index (χ2v) is 14.1. The number of nitrogens with zero attached hydrogens (tertiary/aromatic N) is 2. The number of fused-ring (bicyclic) bond motifs is 5. The van der Waals surface area contributed by atoms with Gasteiger partial charge in [-0.15, -0.1) is 0 Å². The summed E-state index contributed by atoms with van der Waals surface area (Å²) in [7, 11) is 1.67. The number of aryl methyl sites for hydroxylation is 1. The molecule has 0 radical (unpaired) electrons. The number of hydrogen-bond donors (Lipinski definition) is 0. The number of methoxy groups -OCH3 is 1. The van der Waals surface area contributed by atoms with E-state index in [0.717, 1.165) is 69.2 Å². The third-order valence-corrected chi connectivity index (χ3v) is 11.4. The number of imidazole rings is 1. The molecule has 0 amide bonds. The van der Waals surface area contributed by atoms with E-state index in [1.807, 2.05) is 29.2 Å². The van der Waals surface area contributed by atoms with Crippen LogP contribution in [-0.4, -0.2) is 47.4 Å². The summed E-state index contributed by atoms with van der Waals surface area (Å²) in [5.74, 6) is 2.53. The summed E-state index contributed by atoms with van der Waals surface area (Å²) in [4.78, 5) is 28.2. The molecule has 3 fully saturated rings. The average Bonchev–Trinajstić information content (AvgIpc) is 3.62. The van der Waals surface area contributed by atoms with Crippen molar-refractivity contribution in [2.75, 3.05) is 13.7 Å². The molecule has 7 atom stereocenters. The molecule has 1 aromatic carbocycles. The number of carbonyl (C=O) groups is 2. The fourth-order valence-corrected chi connectivity index (χ4v) is 9.27. The predicted octanol–water partition coefficient (Wildman–Crippen LogP) is 7.18. The molecule has 6 rings (SSSR count). The van der Waals surface area contributed by atoms with E-state index >= 15 is 0 Å². The molecular formula is C37H48N2O6. The quantitative estimate of drug-likeness (QED) is 0.168. The Morgan fingerprint density at radius 3 is 2.60 bits per heavy atom. The molecule has 3 saturated carbocycles. The Bertz CT molecular complexity index is 1460. The van der Waals surface area contributed by atoms with Gasteiger partial charge in [-0.1, -0.05) is 37.6 Å². The molecule has 0 N–H and O–H groups in total. The standard InChI is InChI=1S/C37H48N2O6/c1-24(40)44-29-11-13-36(3)28(22-29)8-9-30-31(36)12-14-37(4)32(30)21-27(35(37)45-25(2)41)19-26-7-10-33(34(20-26)42-5)43-18-6-16-39-17-15-38-23-39/h7-8,10,15,17,19-20,23,29-32,35H,6,9,11-14,16,18,21-22H2,1-5H3/b27-19-/t29-,30+,31-,32-,35-,36-,37-/m0/s1. The Morgan fingerprint density at radius 2 is 1.87 bits per heavy atom. The van der Waals surface area contributed by atoms with Crippen molar-refractivity contribution in [1.29, 1.82) is 0 Å². The molecule has 2 aromatic rings. The van der Waals surface area contributed by atoms with Crippen molar-refractivity contribution in [3.63, 3.8) is 0 Å². The number of carbonyl (C=O) groups excluding carboxylic acids is 2. The van der Waals surface area contributed by atoms with Gasteiger partial charge in [0.15, 0.2) is 11.5 Å². The fourth-order valence-electron chi connectivity index (χ4n) is 9.27. The second-order valence-electron chi connectivity index (χ2n) is 14.1. The van der Waals surface area contributed by atoms with Crippen LogP contribution in [0, 0.1) is 28.6 Å². The van der Waals surface area contributed by atoms with Crippen molar-refractivity contribution in [3.8, 4) is 11.5 Å². The molecule has 8 nitrogen and oxygen atoms in total. The van der Waals surface area contributed by atoms with E-state index in [2.05, 4.69) is 37.0 Å². The summed E-state index contributed by atoms with van der Waals surface area (Å²) < 4.78 is 25.7. The number of esters is 2. The SMILES string of the molecule is COc1cc(/C=C2/C[C@H]3[C@@H]4CC=C5C[C@@H](OC(C)=O)CC[C@]5(C)[C@H]4CC[C@]3(C)[C@H]2OC(C)=O)ccc1OCCCn1ccnc1. The maximum atomic E-state index is 12.5. The van der Waals surface area contributed by atoms with E-state index in [1.54, 1.807) is 13.3 Å². The van der Waals surface area contributed by atoms with Gasteiger partial charge in [0.2, 0.25) is 0 Å². The van der Waals surface area contributed by atoms with E-state index in [0.29, 0.717) is 30.1 Å². The van der Waals surface area contributed by atoms with Gasteiger partial charge < -0.3 is 23.5 Å². The maximum Gasteiger partial charge on any atom is 0.303 e. The van der Waals surface area contributed by atoms with Gasteiger partial charge in [0, 0.05) is 44.6 Å². The van der Waals surface area contributed by atoms with Crippen LogP contribution in [0.3, 0.4) is 0 Å². The van der Waals surface area contributed by atoms with Crippen molar-refractivity contribution in [3.05, 3.63) is 59.7 Å². The van der Waals surface area contributed by atoms with Crippen molar-refractivity contribution in [1.82, 2.24) is 9.55 Å². The van der Waals surface area contributed by atoms with Crippen molar-refractivity contribution >= 4 is 18.0 Å². The minimum absolute atomic E-state index is 0.00212. The van der Waals surface area contributed by atoms with Crippen LogP contribution in [0.15, 0.2) is 54.1 Å². The Hall–Kier alpha value is -3.55. The monoisotopic (exact) mass is 616 g/mol. The molecule has 0 saturated heterocycles. The zero-order valence-electron chi connectivity index (χ0n) is 27.4. The number of ether oxygens (including phenoxy) is 4. The van der Waals surface area contributed by atoms with Crippen LogP contribution in [0.25, 0.3) is 6.08 Å². The third-order valence-electron chi connectivity index (χ3n) is 11.4. The van der Waals surface area contributed by atoms with Gasteiger partial charge >= 0.3 is 11.9 Å². The maximum absolute atomic E-state index is 12.5. The summed E-state index contributed by atoms with van der Waals surface area (Å²) in [6.07, 6.45) is 17.8. The number of allylic oxidation sites excluding steroid dienone is 1. The van der Waals surface area contributed by atoms with E-state index in [4.69, 9.17) is 18.9 Å². The highest BCUT2D eigenvalue weighted by Crippen LogP contribution is 2.66. The Labute approximate surface area is 267 Å². The molecule has 0 spiro atoms. The molecule has 4 aliphatic rings. The fraction of sp³-hybridized carbons (Fsp3) is 0.595. The van der Waals surface area contributed by atoms with Gasteiger partial charge in [0.1, 0.15) is 12.2 Å². The van der Waals surface area contributed by atoms with Crippen LogP contribution in [0.4, 0.5) is 0 Å². The first-order chi connectivity index (χ1) is 21.6. The topological polar surface area (TPSA) is 88.9 Å². The Morgan fingerprint density at radius 1 is 1.04 bits per heavy atom. The minimum Gasteiger partial charge on any atom is -0.493 e. The molecule has 45 heavy (non-hydrogen) atoms. The predicted molar refractivity (Wildman–Crippen MR) is 172 cm³/mol. The first-order valence-corrected chi connectivity index (χ1v) is 16.6. The van der Waals surface area contributed by atoms with Crippen LogP contribution in [0.5, 0.6) is 11.5 Å². The lowest BCUT2D eigenvalue weighted by Crippen LogP contribution is -2.51. The van der Waals surface area contributed by atoms with Gasteiger partial charge in [-0.2, -0.15) is 0 Å². The first kappa shape index (κ1) is 31.4. The number of benzene rings is 1. The Kier molecular flexibility index (Phi) is 8.86. The summed E-state index contributed by atoms with van der Waals surface area (Å²) in [6, 6.07) is 6.06. The highest BCUT2D eigenvalue weighted by molar-refractivity contribution is 5.68. The zero-order valence-corrected chi connectivity index (χ0v) is 27.4. The average molecular weight is 617 g/mol. The molecule has 0 unspecified atom stereocenters. The summed E-state index contributed by atoms with van der Waals surface area (Å²) in [5.41, 5.74) is 3.70. The highest BCUT2D eigenvalue weighted by Gasteiger charge is 2.61. The summed E-state index contributed by atoms with van der Waals surface area (Å²) in [6.45, 7) is 9.26. The van der Waals surface area contributed by atoms with Gasteiger partial charge in [-0.3, -0.25) is 9.59 Å². The van der Waals surface area contributed by atoms with Crippen LogP contribution in [0.1, 0.15) is 84.6 Å². The van der Waals surface area contributed by atoms with Gasteiger partial charge in [0.05, 0.1) is 20.0 Å². The van der Waals surface area contributed by atoms with Crippen molar-refractivity contribution < 1.29 is 28.5 Å². The highest BCUT2D eigenvalue weighted by atomic mass is 16.5. The van der Waals surface area contributed by atoms with Crippen LogP contribution in [0.2, 0.25) is 0 Å². The molecule has 0 aliphatic heterocycles. The van der Waals surface area contributed by atoms with E-state index < -0.39 is 0 Å².